The van der Waals surface area contributed by atoms with E-state index in [1.165, 1.54) is 0 Å². The second kappa shape index (κ2) is 4.72. The van der Waals surface area contributed by atoms with Crippen LogP contribution in [-0.4, -0.2) is 18.0 Å². The first-order valence-corrected chi connectivity index (χ1v) is 4.10. The largest absolute Gasteiger partial charge is 0.677 e. The third kappa shape index (κ3) is 3.21. The van der Waals surface area contributed by atoms with Gasteiger partial charge in [0.25, 0.3) is 0 Å². The molecule has 66 valence electrons. The summed E-state index contributed by atoms with van der Waals surface area (Å²) in [5, 5.41) is 8.39. The van der Waals surface area contributed by atoms with E-state index in [0.717, 1.165) is 19.3 Å². The van der Waals surface area contributed by atoms with Gasteiger partial charge in [0.15, 0.2) is 0 Å². The van der Waals surface area contributed by atoms with Crippen molar-refractivity contribution in [1.82, 2.24) is 0 Å². The molecule has 0 aliphatic heterocycles. The zero-order chi connectivity index (χ0) is 8.91. The van der Waals surface area contributed by atoms with Gasteiger partial charge in [-0.25, -0.2) is 0 Å². The van der Waals surface area contributed by atoms with Crippen LogP contribution in [0.2, 0.25) is 0 Å². The fourth-order valence-corrected chi connectivity index (χ4v) is 1.21. The minimum Gasteiger partial charge on any atom is -0.398 e. The summed E-state index contributed by atoms with van der Waals surface area (Å²) in [5.41, 5.74) is -0.478. The summed E-state index contributed by atoms with van der Waals surface area (Å²) in [4.78, 5) is 0. The molecule has 1 N–H and O–H groups in total. The monoisotopic (exact) mass is 162 g/mol. The Morgan fingerprint density at radius 1 is 1.27 bits per heavy atom. The SMILES string of the molecule is CCC(CC)(CC)OB(O)F. The molecule has 0 saturated heterocycles. The first-order chi connectivity index (χ1) is 5.10. The third-order valence-electron chi connectivity index (χ3n) is 2.28. The maximum Gasteiger partial charge on any atom is 0.677 e. The van der Waals surface area contributed by atoms with Gasteiger partial charge in [0.1, 0.15) is 0 Å². The minimum atomic E-state index is -2.14. The van der Waals surface area contributed by atoms with Gasteiger partial charge in [-0.05, 0) is 19.3 Å². The van der Waals surface area contributed by atoms with Crippen molar-refractivity contribution in [3.8, 4) is 0 Å². The lowest BCUT2D eigenvalue weighted by Crippen LogP contribution is -2.35. The number of halogens is 1. The number of hydrogen-bond acceptors (Lipinski definition) is 2. The van der Waals surface area contributed by atoms with Crippen LogP contribution in [0.5, 0.6) is 0 Å². The molecule has 0 unspecified atom stereocenters. The Hall–Kier alpha value is -0.0851. The van der Waals surface area contributed by atoms with Crippen molar-refractivity contribution in [1.29, 1.82) is 0 Å². The summed E-state index contributed by atoms with van der Waals surface area (Å²) in [5.74, 6) is 0. The van der Waals surface area contributed by atoms with E-state index >= 15 is 0 Å². The summed E-state index contributed by atoms with van der Waals surface area (Å²) >= 11 is 0. The Kier molecular flexibility index (Phi) is 4.69. The molecule has 0 bridgehead atoms. The third-order valence-corrected chi connectivity index (χ3v) is 2.28. The van der Waals surface area contributed by atoms with Gasteiger partial charge in [-0.15, -0.1) is 0 Å². The predicted molar refractivity (Wildman–Crippen MR) is 43.8 cm³/mol. The van der Waals surface area contributed by atoms with Crippen LogP contribution in [0, 0.1) is 0 Å². The maximum atomic E-state index is 12.1. The average Bonchev–Trinajstić information content (AvgIpc) is 2.00. The Bertz CT molecular complexity index is 96.3. The first kappa shape index (κ1) is 10.9. The summed E-state index contributed by atoms with van der Waals surface area (Å²) in [6, 6.07) is 0. The van der Waals surface area contributed by atoms with E-state index in [0.29, 0.717) is 0 Å². The Balaban J connectivity index is 4.05. The normalized spacial score (nSPS) is 11.7. The molecular formula is C7H16BFO2. The van der Waals surface area contributed by atoms with Gasteiger partial charge in [-0.2, -0.15) is 0 Å². The summed E-state index contributed by atoms with van der Waals surface area (Å²) in [6.07, 6.45) is 2.17. The van der Waals surface area contributed by atoms with Crippen LogP contribution >= 0.6 is 0 Å². The quantitative estimate of drug-likeness (QED) is 0.625. The van der Waals surface area contributed by atoms with Gasteiger partial charge >= 0.3 is 7.40 Å². The molecule has 11 heavy (non-hydrogen) atoms. The van der Waals surface area contributed by atoms with Crippen molar-refractivity contribution < 1.29 is 14.0 Å². The van der Waals surface area contributed by atoms with E-state index in [9.17, 15) is 4.32 Å². The molecule has 0 saturated carbocycles. The van der Waals surface area contributed by atoms with E-state index in [1.807, 2.05) is 20.8 Å². The van der Waals surface area contributed by atoms with E-state index in [2.05, 4.69) is 0 Å². The lowest BCUT2D eigenvalue weighted by molar-refractivity contribution is 0.0202. The van der Waals surface area contributed by atoms with Crippen LogP contribution in [0.3, 0.4) is 0 Å². The molecule has 0 aromatic carbocycles. The Labute approximate surface area is 67.9 Å². The van der Waals surface area contributed by atoms with Crippen molar-refractivity contribution >= 4 is 7.40 Å². The van der Waals surface area contributed by atoms with Crippen LogP contribution in [0.4, 0.5) is 4.32 Å². The van der Waals surface area contributed by atoms with Crippen LogP contribution in [0.25, 0.3) is 0 Å². The molecule has 0 radical (unpaired) electrons. The molecule has 4 heteroatoms. The van der Waals surface area contributed by atoms with Gasteiger partial charge in [0.05, 0.1) is 5.60 Å². The second-order valence-electron chi connectivity index (χ2n) is 2.65. The molecule has 0 spiro atoms. The fourth-order valence-electron chi connectivity index (χ4n) is 1.21. The van der Waals surface area contributed by atoms with Crippen molar-refractivity contribution in [2.45, 2.75) is 45.6 Å². The van der Waals surface area contributed by atoms with Gasteiger partial charge < -0.3 is 9.68 Å². The highest BCUT2D eigenvalue weighted by atomic mass is 19.1. The van der Waals surface area contributed by atoms with Crippen LogP contribution in [0.1, 0.15) is 40.0 Å². The molecule has 2 nitrogen and oxygen atoms in total. The summed E-state index contributed by atoms with van der Waals surface area (Å²) in [6.45, 7) is 5.78. The maximum absolute atomic E-state index is 12.1. The molecule has 0 rings (SSSR count). The molecular weight excluding hydrogens is 146 g/mol. The minimum absolute atomic E-state index is 0.478. The van der Waals surface area contributed by atoms with Gasteiger partial charge in [0, 0.05) is 0 Å². The Morgan fingerprint density at radius 3 is 1.73 bits per heavy atom. The standard InChI is InChI=1S/C7H16BFO2/c1-4-7(5-2,6-3)11-8(9)10/h10H,4-6H2,1-3H3. The zero-order valence-electron chi connectivity index (χ0n) is 7.43. The van der Waals surface area contributed by atoms with E-state index in [1.54, 1.807) is 0 Å². The number of rotatable bonds is 5. The molecule has 0 atom stereocenters. The van der Waals surface area contributed by atoms with Crippen molar-refractivity contribution in [2.24, 2.45) is 0 Å². The fraction of sp³-hybridized carbons (Fsp3) is 1.00. The topological polar surface area (TPSA) is 29.5 Å². The summed E-state index contributed by atoms with van der Waals surface area (Å²) in [7, 11) is -2.14. The van der Waals surface area contributed by atoms with Crippen LogP contribution in [0.15, 0.2) is 0 Å². The molecule has 0 amide bonds. The molecule has 0 fully saturated rings. The second-order valence-corrected chi connectivity index (χ2v) is 2.65. The predicted octanol–water partition coefficient (Wildman–Crippen LogP) is 1.92. The Morgan fingerprint density at radius 2 is 1.64 bits per heavy atom. The van der Waals surface area contributed by atoms with Gasteiger partial charge in [-0.1, -0.05) is 20.8 Å². The van der Waals surface area contributed by atoms with Crippen LogP contribution in [-0.2, 0) is 4.65 Å². The van der Waals surface area contributed by atoms with Crippen molar-refractivity contribution in [2.75, 3.05) is 0 Å². The lowest BCUT2D eigenvalue weighted by atomic mass is 9.92. The highest BCUT2D eigenvalue weighted by Gasteiger charge is 2.30. The number of hydrogen-bond donors (Lipinski definition) is 1. The van der Waals surface area contributed by atoms with E-state index in [4.69, 9.17) is 9.68 Å². The molecule has 0 aromatic rings. The van der Waals surface area contributed by atoms with E-state index in [-0.39, 0.29) is 0 Å². The van der Waals surface area contributed by atoms with Crippen molar-refractivity contribution in [3.63, 3.8) is 0 Å². The molecule has 0 aromatic heterocycles. The average molecular weight is 162 g/mol. The molecule has 0 aliphatic carbocycles. The van der Waals surface area contributed by atoms with E-state index < -0.39 is 13.0 Å². The molecule has 0 aliphatic rings. The van der Waals surface area contributed by atoms with Crippen molar-refractivity contribution in [3.05, 3.63) is 0 Å². The zero-order valence-corrected chi connectivity index (χ0v) is 7.43. The molecule has 0 heterocycles. The van der Waals surface area contributed by atoms with Gasteiger partial charge in [0.2, 0.25) is 0 Å². The smallest absolute Gasteiger partial charge is 0.398 e. The van der Waals surface area contributed by atoms with Crippen LogP contribution < -0.4 is 0 Å². The first-order valence-electron chi connectivity index (χ1n) is 4.10. The van der Waals surface area contributed by atoms with Gasteiger partial charge in [-0.3, -0.25) is 4.32 Å². The highest BCUT2D eigenvalue weighted by molar-refractivity contribution is 6.33. The highest BCUT2D eigenvalue weighted by Crippen LogP contribution is 2.24. The summed E-state index contributed by atoms with van der Waals surface area (Å²) < 4.78 is 16.9. The lowest BCUT2D eigenvalue weighted by Gasteiger charge is -2.30.